The lowest BCUT2D eigenvalue weighted by molar-refractivity contribution is 0.0955. The third kappa shape index (κ3) is 2.45. The molecule has 1 aliphatic heterocycles. The van der Waals surface area contributed by atoms with Crippen molar-refractivity contribution in [3.05, 3.63) is 33.1 Å². The summed E-state index contributed by atoms with van der Waals surface area (Å²) < 4.78 is 1.03. The van der Waals surface area contributed by atoms with Gasteiger partial charge in [-0.3, -0.25) is 0 Å². The monoisotopic (exact) mass is 320 g/mol. The third-order valence-electron chi connectivity index (χ3n) is 4.67. The van der Waals surface area contributed by atoms with E-state index in [4.69, 9.17) is 5.53 Å². The van der Waals surface area contributed by atoms with Gasteiger partial charge in [-0.2, -0.15) is 0 Å². The Kier molecular flexibility index (Phi) is 3.42. The van der Waals surface area contributed by atoms with Crippen LogP contribution in [0.5, 0.6) is 0 Å². The van der Waals surface area contributed by atoms with E-state index in [1.54, 1.807) is 0 Å². The van der Waals surface area contributed by atoms with E-state index in [0.29, 0.717) is 5.41 Å². The molecular weight excluding hydrogens is 304 g/mol. The lowest BCUT2D eigenvalue weighted by atomic mass is 9.63. The Hall–Kier alpha value is -1.19. The fourth-order valence-corrected chi connectivity index (χ4v) is 3.63. The zero-order chi connectivity index (χ0) is 13.3. The molecule has 1 aromatic carbocycles. The second-order valence-electron chi connectivity index (χ2n) is 5.66. The summed E-state index contributed by atoms with van der Waals surface area (Å²) in [6, 6.07) is 5.86. The Morgan fingerprint density at radius 3 is 2.53 bits per heavy atom. The van der Waals surface area contributed by atoms with E-state index in [9.17, 15) is 0 Å². The van der Waals surface area contributed by atoms with Crippen LogP contribution in [0.4, 0.5) is 11.4 Å². The lowest BCUT2D eigenvalue weighted by Gasteiger charge is -2.48. The van der Waals surface area contributed by atoms with Crippen LogP contribution < -0.4 is 4.90 Å². The number of hydrogen-bond acceptors (Lipinski definition) is 2. The quantitative estimate of drug-likeness (QED) is 0.421. The highest BCUT2D eigenvalue weighted by molar-refractivity contribution is 9.10. The molecule has 0 radical (unpaired) electrons. The molecule has 4 nitrogen and oxygen atoms in total. The van der Waals surface area contributed by atoms with Gasteiger partial charge in [-0.05, 0) is 54.8 Å². The van der Waals surface area contributed by atoms with Crippen LogP contribution >= 0.6 is 15.9 Å². The Morgan fingerprint density at radius 1 is 1.21 bits per heavy atom. The molecule has 1 heterocycles. The molecule has 19 heavy (non-hydrogen) atoms. The van der Waals surface area contributed by atoms with Crippen molar-refractivity contribution >= 4 is 27.3 Å². The summed E-state index contributed by atoms with van der Waals surface area (Å²) in [7, 11) is 0. The van der Waals surface area contributed by atoms with Gasteiger partial charge in [-0.25, -0.2) is 0 Å². The molecule has 1 aromatic rings. The van der Waals surface area contributed by atoms with E-state index >= 15 is 0 Å². The number of hydrogen-bond donors (Lipinski definition) is 0. The minimum absolute atomic E-state index is 0.640. The summed E-state index contributed by atoms with van der Waals surface area (Å²) in [5.74, 6) is 0. The molecule has 100 valence electrons. The molecule has 1 aliphatic carbocycles. The molecule has 0 aromatic heterocycles. The van der Waals surface area contributed by atoms with Crippen LogP contribution in [0.2, 0.25) is 0 Å². The molecule has 0 amide bonds. The normalized spacial score (nSPS) is 20.8. The summed E-state index contributed by atoms with van der Waals surface area (Å²) in [5, 5.41) is 3.81. The van der Waals surface area contributed by atoms with Gasteiger partial charge in [0.1, 0.15) is 0 Å². The van der Waals surface area contributed by atoms with Crippen molar-refractivity contribution in [3.63, 3.8) is 0 Å². The van der Waals surface area contributed by atoms with Crippen molar-refractivity contribution in [3.8, 4) is 0 Å². The number of rotatable bonds is 2. The number of azide groups is 1. The van der Waals surface area contributed by atoms with Crippen molar-refractivity contribution in [2.24, 2.45) is 10.5 Å². The number of anilines is 1. The van der Waals surface area contributed by atoms with Crippen LogP contribution in [-0.4, -0.2) is 13.1 Å². The molecule has 2 aliphatic rings. The first kappa shape index (κ1) is 12.8. The predicted molar refractivity (Wildman–Crippen MR) is 80.7 cm³/mol. The Bertz CT molecular complexity index is 522. The molecule has 0 atom stereocenters. The second-order valence-corrected chi connectivity index (χ2v) is 6.58. The molecule has 0 bridgehead atoms. The third-order valence-corrected chi connectivity index (χ3v) is 5.16. The van der Waals surface area contributed by atoms with Crippen LogP contribution in [0.3, 0.4) is 0 Å². The first-order valence-corrected chi connectivity index (χ1v) is 7.61. The van der Waals surface area contributed by atoms with E-state index in [1.165, 1.54) is 32.1 Å². The average molecular weight is 321 g/mol. The van der Waals surface area contributed by atoms with Gasteiger partial charge in [0.05, 0.1) is 5.69 Å². The van der Waals surface area contributed by atoms with Gasteiger partial charge in [0.15, 0.2) is 0 Å². The van der Waals surface area contributed by atoms with E-state index in [0.717, 1.165) is 28.9 Å². The van der Waals surface area contributed by atoms with E-state index in [-0.39, 0.29) is 0 Å². The zero-order valence-electron chi connectivity index (χ0n) is 10.8. The van der Waals surface area contributed by atoms with Crippen molar-refractivity contribution in [1.82, 2.24) is 0 Å². The zero-order valence-corrected chi connectivity index (χ0v) is 12.4. The van der Waals surface area contributed by atoms with Gasteiger partial charge in [0, 0.05) is 28.2 Å². The van der Waals surface area contributed by atoms with Crippen LogP contribution in [0.1, 0.15) is 32.1 Å². The standard InChI is InChI=1S/C14H17BrN4/c15-11-2-3-12(17-18-16)13(10-11)19-8-6-14(7-9-19)4-1-5-14/h2-3,10H,1,4-9H2. The summed E-state index contributed by atoms with van der Waals surface area (Å²) in [5.41, 5.74) is 11.1. The Balaban J connectivity index is 1.82. The summed E-state index contributed by atoms with van der Waals surface area (Å²) in [4.78, 5) is 5.29. The molecule has 0 unspecified atom stereocenters. The van der Waals surface area contributed by atoms with Gasteiger partial charge in [0.25, 0.3) is 0 Å². The summed E-state index contributed by atoms with van der Waals surface area (Å²) in [6.45, 7) is 2.15. The molecule has 5 heteroatoms. The highest BCUT2D eigenvalue weighted by Crippen LogP contribution is 2.49. The van der Waals surface area contributed by atoms with Gasteiger partial charge in [-0.15, -0.1) is 0 Å². The maximum atomic E-state index is 8.67. The summed E-state index contributed by atoms with van der Waals surface area (Å²) in [6.07, 6.45) is 6.76. The van der Waals surface area contributed by atoms with E-state index in [2.05, 4.69) is 36.9 Å². The molecule has 0 N–H and O–H groups in total. The fourth-order valence-electron chi connectivity index (χ4n) is 3.28. The van der Waals surface area contributed by atoms with Crippen LogP contribution in [0.15, 0.2) is 27.8 Å². The molecule has 3 rings (SSSR count). The minimum atomic E-state index is 0.640. The van der Waals surface area contributed by atoms with Crippen molar-refractivity contribution < 1.29 is 0 Å². The van der Waals surface area contributed by atoms with Gasteiger partial charge >= 0.3 is 0 Å². The molecule has 1 spiro atoms. The second kappa shape index (κ2) is 5.06. The molecule has 1 saturated heterocycles. The SMILES string of the molecule is [N-]=[N+]=Nc1ccc(Br)cc1N1CCC2(CCC2)CC1. The number of piperidine rings is 1. The first-order chi connectivity index (χ1) is 9.22. The Labute approximate surface area is 121 Å². The maximum absolute atomic E-state index is 8.67. The molecule has 1 saturated carbocycles. The van der Waals surface area contributed by atoms with Gasteiger partial charge in [-0.1, -0.05) is 27.5 Å². The van der Waals surface area contributed by atoms with Crippen molar-refractivity contribution in [2.45, 2.75) is 32.1 Å². The highest BCUT2D eigenvalue weighted by Gasteiger charge is 2.39. The smallest absolute Gasteiger partial charge is 0.0609 e. The topological polar surface area (TPSA) is 52.0 Å². The van der Waals surface area contributed by atoms with Crippen LogP contribution in [0.25, 0.3) is 10.4 Å². The van der Waals surface area contributed by atoms with Gasteiger partial charge < -0.3 is 4.90 Å². The molecular formula is C14H17BrN4. The number of nitrogens with zero attached hydrogens (tertiary/aromatic N) is 4. The van der Waals surface area contributed by atoms with Crippen LogP contribution in [-0.2, 0) is 0 Å². The summed E-state index contributed by atoms with van der Waals surface area (Å²) >= 11 is 3.50. The average Bonchev–Trinajstić information content (AvgIpc) is 2.39. The van der Waals surface area contributed by atoms with Gasteiger partial charge in [0.2, 0.25) is 0 Å². The number of benzene rings is 1. The first-order valence-electron chi connectivity index (χ1n) is 6.82. The fraction of sp³-hybridized carbons (Fsp3) is 0.571. The van der Waals surface area contributed by atoms with Crippen molar-refractivity contribution in [2.75, 3.05) is 18.0 Å². The van der Waals surface area contributed by atoms with Crippen molar-refractivity contribution in [1.29, 1.82) is 0 Å². The van der Waals surface area contributed by atoms with Crippen LogP contribution in [0, 0.1) is 5.41 Å². The lowest BCUT2D eigenvalue weighted by Crippen LogP contribution is -2.43. The largest absolute Gasteiger partial charge is 0.371 e. The van der Waals surface area contributed by atoms with E-state index < -0.39 is 0 Å². The minimum Gasteiger partial charge on any atom is -0.371 e. The maximum Gasteiger partial charge on any atom is 0.0609 e. The Morgan fingerprint density at radius 2 is 1.95 bits per heavy atom. The number of halogens is 1. The van der Waals surface area contributed by atoms with E-state index in [1.807, 2.05) is 12.1 Å². The molecule has 2 fully saturated rings. The highest BCUT2D eigenvalue weighted by atomic mass is 79.9. The predicted octanol–water partition coefficient (Wildman–Crippen LogP) is 5.16.